The van der Waals surface area contributed by atoms with Gasteiger partial charge >= 0.3 is 0 Å². The van der Waals surface area contributed by atoms with Crippen LogP contribution in [-0.4, -0.2) is 78.5 Å². The van der Waals surface area contributed by atoms with Crippen LogP contribution in [0.2, 0.25) is 5.02 Å². The van der Waals surface area contributed by atoms with Crippen LogP contribution in [0.15, 0.2) is 18.2 Å². The number of benzene rings is 1. The van der Waals surface area contributed by atoms with Gasteiger partial charge < -0.3 is 14.8 Å². The molecule has 1 saturated heterocycles. The van der Waals surface area contributed by atoms with Crippen molar-refractivity contribution in [3.63, 3.8) is 0 Å². The maximum atomic E-state index is 12.3. The maximum Gasteiger partial charge on any atom is 0.240 e. The summed E-state index contributed by atoms with van der Waals surface area (Å²) in [6.45, 7) is 4.25. The zero-order chi connectivity index (χ0) is 19.9. The molecule has 0 radical (unpaired) electrons. The van der Waals surface area contributed by atoms with Crippen LogP contribution in [-0.2, 0) is 19.6 Å². The molecular weight excluding hydrogens is 394 g/mol. The standard InChI is InChI=1S/C17H26ClN3O5S/c1-25-16-5-4-14(18)12-15(16)21(27(2,23)24)13-17(22)19-6-3-7-20-8-10-26-11-9-20/h4-5,12H,3,6-11,13H2,1-2H3,(H,19,22). The second kappa shape index (κ2) is 10.1. The van der Waals surface area contributed by atoms with E-state index in [1.165, 1.54) is 13.2 Å². The molecule has 8 nitrogen and oxygen atoms in total. The Hall–Kier alpha value is -1.55. The van der Waals surface area contributed by atoms with E-state index in [9.17, 15) is 13.2 Å². The molecule has 2 rings (SSSR count). The van der Waals surface area contributed by atoms with E-state index < -0.39 is 10.0 Å². The first-order chi connectivity index (χ1) is 12.8. The predicted octanol–water partition coefficient (Wildman–Crippen LogP) is 0.953. The first kappa shape index (κ1) is 21.7. The minimum atomic E-state index is -3.70. The van der Waals surface area contributed by atoms with Crippen LogP contribution in [0, 0.1) is 0 Å². The summed E-state index contributed by atoms with van der Waals surface area (Å²) in [4.78, 5) is 14.6. The second-order valence-corrected chi connectivity index (χ2v) is 8.59. The molecule has 1 aliphatic rings. The highest BCUT2D eigenvalue weighted by atomic mass is 35.5. The number of carbonyl (C=O) groups excluding carboxylic acids is 1. The van der Waals surface area contributed by atoms with E-state index in [0.29, 0.717) is 17.3 Å². The smallest absolute Gasteiger partial charge is 0.240 e. The molecule has 152 valence electrons. The van der Waals surface area contributed by atoms with Gasteiger partial charge in [0.05, 0.1) is 32.3 Å². The van der Waals surface area contributed by atoms with Crippen molar-refractivity contribution in [1.82, 2.24) is 10.2 Å². The molecule has 0 aliphatic carbocycles. The van der Waals surface area contributed by atoms with Crippen molar-refractivity contribution in [1.29, 1.82) is 0 Å². The number of hydrogen-bond acceptors (Lipinski definition) is 6. The first-order valence-corrected chi connectivity index (χ1v) is 10.9. The van der Waals surface area contributed by atoms with Gasteiger partial charge in [0.2, 0.25) is 15.9 Å². The van der Waals surface area contributed by atoms with Crippen molar-refractivity contribution in [2.75, 3.05) is 63.6 Å². The zero-order valence-corrected chi connectivity index (χ0v) is 17.2. The van der Waals surface area contributed by atoms with Gasteiger partial charge in [-0.25, -0.2) is 8.42 Å². The molecule has 0 unspecified atom stereocenters. The first-order valence-electron chi connectivity index (χ1n) is 8.69. The summed E-state index contributed by atoms with van der Waals surface area (Å²) in [7, 11) is -2.27. The highest BCUT2D eigenvalue weighted by Crippen LogP contribution is 2.32. The third-order valence-electron chi connectivity index (χ3n) is 4.17. The molecule has 10 heteroatoms. The summed E-state index contributed by atoms with van der Waals surface area (Å²) in [6, 6.07) is 4.62. The van der Waals surface area contributed by atoms with E-state index in [-0.39, 0.29) is 18.1 Å². The number of methoxy groups -OCH3 is 1. The normalized spacial score (nSPS) is 15.4. The largest absolute Gasteiger partial charge is 0.495 e. The Morgan fingerprint density at radius 3 is 2.70 bits per heavy atom. The van der Waals surface area contributed by atoms with Crippen LogP contribution in [0.1, 0.15) is 6.42 Å². The van der Waals surface area contributed by atoms with Gasteiger partial charge in [0.15, 0.2) is 0 Å². The summed E-state index contributed by atoms with van der Waals surface area (Å²) in [5, 5.41) is 3.12. The molecule has 1 aliphatic heterocycles. The summed E-state index contributed by atoms with van der Waals surface area (Å²) in [5.74, 6) is -0.0608. The average molecular weight is 420 g/mol. The lowest BCUT2D eigenvalue weighted by molar-refractivity contribution is -0.119. The molecule has 1 N–H and O–H groups in total. The minimum Gasteiger partial charge on any atom is -0.495 e. The number of morpholine rings is 1. The topological polar surface area (TPSA) is 88.2 Å². The van der Waals surface area contributed by atoms with Crippen LogP contribution in [0.3, 0.4) is 0 Å². The van der Waals surface area contributed by atoms with Gasteiger partial charge in [0, 0.05) is 24.7 Å². The summed E-state index contributed by atoms with van der Waals surface area (Å²) in [6.07, 6.45) is 1.82. The van der Waals surface area contributed by atoms with Gasteiger partial charge in [-0.05, 0) is 31.2 Å². The lowest BCUT2D eigenvalue weighted by Gasteiger charge is -2.26. The number of halogens is 1. The molecule has 1 aromatic carbocycles. The number of amides is 1. The van der Waals surface area contributed by atoms with Crippen molar-refractivity contribution in [2.24, 2.45) is 0 Å². The van der Waals surface area contributed by atoms with E-state index >= 15 is 0 Å². The Morgan fingerprint density at radius 1 is 1.37 bits per heavy atom. The zero-order valence-electron chi connectivity index (χ0n) is 15.6. The number of carbonyl (C=O) groups is 1. The van der Waals surface area contributed by atoms with E-state index in [4.69, 9.17) is 21.1 Å². The Bertz CT molecular complexity index is 738. The fraction of sp³-hybridized carbons (Fsp3) is 0.588. The van der Waals surface area contributed by atoms with Crippen LogP contribution in [0.4, 0.5) is 5.69 Å². The van der Waals surface area contributed by atoms with Gasteiger partial charge in [-0.1, -0.05) is 11.6 Å². The summed E-state index contributed by atoms with van der Waals surface area (Å²) >= 11 is 5.99. The lowest BCUT2D eigenvalue weighted by Crippen LogP contribution is -2.42. The molecule has 1 fully saturated rings. The van der Waals surface area contributed by atoms with Gasteiger partial charge in [-0.2, -0.15) is 0 Å². The van der Waals surface area contributed by atoms with Gasteiger partial charge in [-0.15, -0.1) is 0 Å². The fourth-order valence-corrected chi connectivity index (χ4v) is 3.80. The molecule has 0 atom stereocenters. The molecule has 0 bridgehead atoms. The van der Waals surface area contributed by atoms with Gasteiger partial charge in [0.1, 0.15) is 12.3 Å². The van der Waals surface area contributed by atoms with Crippen LogP contribution < -0.4 is 14.4 Å². The van der Waals surface area contributed by atoms with E-state index in [1.807, 2.05) is 0 Å². The second-order valence-electron chi connectivity index (χ2n) is 6.24. The van der Waals surface area contributed by atoms with Crippen molar-refractivity contribution >= 4 is 33.2 Å². The third-order valence-corrected chi connectivity index (χ3v) is 5.54. The van der Waals surface area contributed by atoms with Crippen molar-refractivity contribution < 1.29 is 22.7 Å². The van der Waals surface area contributed by atoms with Gasteiger partial charge in [-0.3, -0.25) is 14.0 Å². The van der Waals surface area contributed by atoms with Crippen molar-refractivity contribution in [2.45, 2.75) is 6.42 Å². The minimum absolute atomic E-state index is 0.232. The quantitative estimate of drug-likeness (QED) is 0.599. The molecular formula is C17H26ClN3O5S. The van der Waals surface area contributed by atoms with Gasteiger partial charge in [0.25, 0.3) is 0 Å². The number of nitrogens with zero attached hydrogens (tertiary/aromatic N) is 2. The van der Waals surface area contributed by atoms with E-state index in [2.05, 4.69) is 10.2 Å². The fourth-order valence-electron chi connectivity index (χ4n) is 2.78. The molecule has 1 aromatic rings. The van der Waals surface area contributed by atoms with E-state index in [0.717, 1.165) is 49.8 Å². The van der Waals surface area contributed by atoms with E-state index in [1.54, 1.807) is 12.1 Å². The summed E-state index contributed by atoms with van der Waals surface area (Å²) in [5.41, 5.74) is 0.232. The number of sulfonamides is 1. The van der Waals surface area contributed by atoms with Crippen LogP contribution in [0.5, 0.6) is 5.75 Å². The Balaban J connectivity index is 1.94. The summed E-state index contributed by atoms with van der Waals surface area (Å²) < 4.78 is 35.9. The number of anilines is 1. The van der Waals surface area contributed by atoms with Crippen molar-refractivity contribution in [3.8, 4) is 5.75 Å². The maximum absolute atomic E-state index is 12.3. The Kier molecular flexibility index (Phi) is 8.15. The molecule has 0 aromatic heterocycles. The average Bonchev–Trinajstić information content (AvgIpc) is 2.63. The Morgan fingerprint density at radius 2 is 2.07 bits per heavy atom. The highest BCUT2D eigenvalue weighted by Gasteiger charge is 2.24. The number of rotatable bonds is 9. The van der Waals surface area contributed by atoms with Crippen molar-refractivity contribution in [3.05, 3.63) is 23.2 Å². The highest BCUT2D eigenvalue weighted by molar-refractivity contribution is 7.92. The molecule has 0 spiro atoms. The van der Waals surface area contributed by atoms with Crippen LogP contribution >= 0.6 is 11.6 Å². The lowest BCUT2D eigenvalue weighted by atomic mass is 10.3. The molecule has 1 amide bonds. The predicted molar refractivity (Wildman–Crippen MR) is 105 cm³/mol. The third kappa shape index (κ3) is 6.84. The van der Waals surface area contributed by atoms with Crippen LogP contribution in [0.25, 0.3) is 0 Å². The molecule has 0 saturated carbocycles. The SMILES string of the molecule is COc1ccc(Cl)cc1N(CC(=O)NCCCN1CCOCC1)S(C)(=O)=O. The molecule has 1 heterocycles. The monoisotopic (exact) mass is 419 g/mol. The number of ether oxygens (including phenoxy) is 2. The Labute approximate surface area is 165 Å². The number of hydrogen-bond donors (Lipinski definition) is 1. The molecule has 27 heavy (non-hydrogen) atoms. The number of nitrogens with one attached hydrogen (secondary N) is 1.